The zero-order valence-corrected chi connectivity index (χ0v) is 15.5. The first-order valence-corrected chi connectivity index (χ1v) is 9.82. The van der Waals surface area contributed by atoms with Gasteiger partial charge in [-0.1, -0.05) is 24.3 Å². The van der Waals surface area contributed by atoms with E-state index in [0.29, 0.717) is 11.4 Å². The van der Waals surface area contributed by atoms with Crippen molar-refractivity contribution in [3.8, 4) is 16.4 Å². The molecule has 5 nitrogen and oxygen atoms in total. The summed E-state index contributed by atoms with van der Waals surface area (Å²) in [6, 6.07) is 14.2. The Morgan fingerprint density at radius 3 is 2.80 bits per heavy atom. The van der Waals surface area contributed by atoms with Crippen molar-refractivity contribution in [2.75, 3.05) is 13.1 Å². The van der Waals surface area contributed by atoms with Crippen molar-refractivity contribution in [3.63, 3.8) is 0 Å². The molecule has 2 aromatic heterocycles. The van der Waals surface area contributed by atoms with Crippen molar-refractivity contribution < 1.29 is 10.0 Å². The van der Waals surface area contributed by atoms with Crippen molar-refractivity contribution in [2.45, 2.75) is 25.6 Å². The zero-order valence-electron chi connectivity index (χ0n) is 13.8. The summed E-state index contributed by atoms with van der Waals surface area (Å²) in [7, 11) is 0. The number of benzene rings is 1. The largest absolute Gasteiger partial charge is 0.387 e. The molecule has 4 rings (SSSR count). The van der Waals surface area contributed by atoms with Gasteiger partial charge in [0.2, 0.25) is 4.77 Å². The molecule has 1 aliphatic heterocycles. The second-order valence-corrected chi connectivity index (χ2v) is 7.73. The van der Waals surface area contributed by atoms with E-state index in [9.17, 15) is 5.11 Å². The molecule has 2 N–H and O–H groups in total. The summed E-state index contributed by atoms with van der Waals surface area (Å²) >= 11 is 7.42. The monoisotopic (exact) mass is 373 g/mol. The van der Waals surface area contributed by atoms with E-state index in [1.54, 1.807) is 11.3 Å². The third-order valence-corrected chi connectivity index (χ3v) is 5.82. The van der Waals surface area contributed by atoms with E-state index in [2.05, 4.69) is 23.6 Å². The number of hydrogen-bond acceptors (Lipinski definition) is 4. The summed E-state index contributed by atoms with van der Waals surface area (Å²) < 4.78 is 4.65. The third kappa shape index (κ3) is 3.46. The van der Waals surface area contributed by atoms with Gasteiger partial charge in [-0.15, -0.1) is 16.4 Å². The highest BCUT2D eigenvalue weighted by molar-refractivity contribution is 7.71. The fourth-order valence-electron chi connectivity index (χ4n) is 3.37. The molecular formula is C18H21N4OS2+. The minimum absolute atomic E-state index is 0.217. The molecule has 25 heavy (non-hydrogen) atoms. The quantitative estimate of drug-likeness (QED) is 0.689. The van der Waals surface area contributed by atoms with Crippen LogP contribution in [0.3, 0.4) is 0 Å². The number of aliphatic hydroxyl groups is 1. The summed E-state index contributed by atoms with van der Waals surface area (Å²) in [6.07, 6.45) is 1.72. The second-order valence-electron chi connectivity index (χ2n) is 6.41. The molecule has 2 atom stereocenters. The number of quaternary nitrogens is 1. The van der Waals surface area contributed by atoms with Crippen LogP contribution in [0, 0.1) is 4.77 Å². The highest BCUT2D eigenvalue weighted by atomic mass is 32.1. The number of thiophene rings is 1. The van der Waals surface area contributed by atoms with Crippen molar-refractivity contribution in [2.24, 2.45) is 0 Å². The SMILES string of the molecule is O[C@H]1CCC[NH+](Cn2nc(-c3cccs3)n(-c3ccccc3)c2=S)C1. The minimum atomic E-state index is -0.217. The Labute approximate surface area is 155 Å². The van der Waals surface area contributed by atoms with Gasteiger partial charge in [-0.3, -0.25) is 4.57 Å². The molecule has 0 amide bonds. The lowest BCUT2D eigenvalue weighted by Crippen LogP contribution is -3.13. The number of nitrogens with zero attached hydrogens (tertiary/aromatic N) is 3. The topological polar surface area (TPSA) is 47.4 Å². The van der Waals surface area contributed by atoms with Gasteiger partial charge >= 0.3 is 0 Å². The lowest BCUT2D eigenvalue weighted by atomic mass is 10.1. The van der Waals surface area contributed by atoms with Crippen LogP contribution in [0.5, 0.6) is 0 Å². The van der Waals surface area contributed by atoms with Gasteiger partial charge in [0.25, 0.3) is 0 Å². The molecule has 7 heteroatoms. The number of piperidine rings is 1. The molecule has 0 bridgehead atoms. The lowest BCUT2D eigenvalue weighted by molar-refractivity contribution is -0.931. The second kappa shape index (κ2) is 7.21. The van der Waals surface area contributed by atoms with E-state index in [1.165, 1.54) is 4.90 Å². The Balaban J connectivity index is 1.75. The van der Waals surface area contributed by atoms with E-state index in [0.717, 1.165) is 42.3 Å². The number of aromatic nitrogens is 3. The number of rotatable bonds is 4. The molecule has 1 unspecified atom stereocenters. The Morgan fingerprint density at radius 2 is 2.08 bits per heavy atom. The summed E-state index contributed by atoms with van der Waals surface area (Å²) in [5.74, 6) is 0.878. The molecule has 0 spiro atoms. The average molecular weight is 374 g/mol. The molecule has 3 heterocycles. The van der Waals surface area contributed by atoms with Gasteiger partial charge in [0, 0.05) is 0 Å². The van der Waals surface area contributed by atoms with Gasteiger partial charge in [-0.2, -0.15) is 4.68 Å². The molecule has 1 saturated heterocycles. The average Bonchev–Trinajstić information content (AvgIpc) is 3.25. The molecular weight excluding hydrogens is 352 g/mol. The first-order chi connectivity index (χ1) is 12.2. The van der Waals surface area contributed by atoms with Crippen LogP contribution in [0.15, 0.2) is 47.8 Å². The van der Waals surface area contributed by atoms with Crippen LogP contribution in [0.25, 0.3) is 16.4 Å². The van der Waals surface area contributed by atoms with E-state index < -0.39 is 0 Å². The van der Waals surface area contributed by atoms with Crippen LogP contribution in [0.2, 0.25) is 0 Å². The van der Waals surface area contributed by atoms with Crippen LogP contribution in [-0.2, 0) is 6.67 Å². The summed E-state index contributed by atoms with van der Waals surface area (Å²) in [5, 5.41) is 16.8. The molecule has 0 radical (unpaired) electrons. The summed E-state index contributed by atoms with van der Waals surface area (Å²) in [4.78, 5) is 2.42. The molecule has 3 aromatic rings. The first kappa shape index (κ1) is 16.7. The first-order valence-electron chi connectivity index (χ1n) is 8.53. The van der Waals surface area contributed by atoms with Crippen LogP contribution < -0.4 is 4.90 Å². The third-order valence-electron chi connectivity index (χ3n) is 4.56. The number of hydrogen-bond donors (Lipinski definition) is 2. The maximum atomic E-state index is 9.93. The number of para-hydroxylation sites is 1. The highest BCUT2D eigenvalue weighted by Gasteiger charge is 2.23. The van der Waals surface area contributed by atoms with Gasteiger partial charge < -0.3 is 10.0 Å². The number of nitrogens with one attached hydrogen (secondary N) is 1. The zero-order chi connectivity index (χ0) is 17.2. The van der Waals surface area contributed by atoms with E-state index >= 15 is 0 Å². The predicted octanol–water partition coefficient (Wildman–Crippen LogP) is 2.13. The maximum Gasteiger partial charge on any atom is 0.207 e. The van der Waals surface area contributed by atoms with Crippen molar-refractivity contribution in [3.05, 3.63) is 52.6 Å². The van der Waals surface area contributed by atoms with E-state index in [-0.39, 0.29) is 6.10 Å². The summed E-state index contributed by atoms with van der Waals surface area (Å²) in [6.45, 7) is 2.49. The molecule has 0 saturated carbocycles. The Morgan fingerprint density at radius 1 is 1.24 bits per heavy atom. The highest BCUT2D eigenvalue weighted by Crippen LogP contribution is 2.26. The number of aliphatic hydroxyl groups excluding tert-OH is 1. The number of likely N-dealkylation sites (tertiary alicyclic amines) is 1. The molecule has 130 valence electrons. The molecule has 1 fully saturated rings. The Kier molecular flexibility index (Phi) is 4.80. The van der Waals surface area contributed by atoms with Crippen LogP contribution in [-0.4, -0.2) is 38.6 Å². The van der Waals surface area contributed by atoms with Gasteiger partial charge in [0.1, 0.15) is 12.6 Å². The van der Waals surface area contributed by atoms with Crippen LogP contribution in [0.1, 0.15) is 12.8 Å². The van der Waals surface area contributed by atoms with Crippen LogP contribution >= 0.6 is 23.6 Å². The van der Waals surface area contributed by atoms with Crippen molar-refractivity contribution in [1.82, 2.24) is 14.3 Å². The Hall–Kier alpha value is -1.80. The Bertz CT molecular complexity index is 886. The van der Waals surface area contributed by atoms with E-state index in [4.69, 9.17) is 17.3 Å². The summed E-state index contributed by atoms with van der Waals surface area (Å²) in [5.41, 5.74) is 1.02. The smallest absolute Gasteiger partial charge is 0.207 e. The predicted molar refractivity (Wildman–Crippen MR) is 102 cm³/mol. The van der Waals surface area contributed by atoms with Gasteiger partial charge in [0.15, 0.2) is 12.5 Å². The van der Waals surface area contributed by atoms with Gasteiger partial charge in [0.05, 0.1) is 17.1 Å². The van der Waals surface area contributed by atoms with Crippen molar-refractivity contribution in [1.29, 1.82) is 0 Å². The maximum absolute atomic E-state index is 9.93. The fraction of sp³-hybridized carbons (Fsp3) is 0.333. The van der Waals surface area contributed by atoms with Gasteiger partial charge in [-0.25, -0.2) is 0 Å². The lowest BCUT2D eigenvalue weighted by Gasteiger charge is -2.26. The standard InChI is InChI=1S/C18H20N4OS2/c23-15-8-4-10-20(12-15)13-21-18(24)22(14-6-2-1-3-7-14)17(19-21)16-9-5-11-25-16/h1-3,5-7,9,11,15,23H,4,8,10,12-13H2/p+1/t15-/m0/s1. The minimum Gasteiger partial charge on any atom is -0.387 e. The normalized spacial score (nSPS) is 20.7. The van der Waals surface area contributed by atoms with Crippen molar-refractivity contribution >= 4 is 23.6 Å². The fourth-order valence-corrected chi connectivity index (χ4v) is 4.36. The van der Waals surface area contributed by atoms with E-state index in [1.807, 2.05) is 33.5 Å². The molecule has 1 aromatic carbocycles. The molecule has 0 aliphatic carbocycles. The molecule has 1 aliphatic rings. The van der Waals surface area contributed by atoms with Crippen LogP contribution in [0.4, 0.5) is 0 Å². The van der Waals surface area contributed by atoms with Gasteiger partial charge in [-0.05, 0) is 48.6 Å².